The van der Waals surface area contributed by atoms with Gasteiger partial charge in [-0.1, -0.05) is 66.5 Å². The first-order valence-electron chi connectivity index (χ1n) is 12.4. The number of likely N-dealkylation sites (tertiary alicyclic amines) is 1. The molecule has 1 aromatic carbocycles. The Balaban J connectivity index is 0.00000176. The van der Waals surface area contributed by atoms with E-state index in [2.05, 4.69) is 44.1 Å². The highest BCUT2D eigenvalue weighted by molar-refractivity contribution is 6.31. The number of nitrogens with zero attached hydrogens (tertiary/aromatic N) is 2. The van der Waals surface area contributed by atoms with Crippen molar-refractivity contribution >= 4 is 22.5 Å². The first-order chi connectivity index (χ1) is 15.0. The number of aromatic nitrogens is 1. The lowest BCUT2D eigenvalue weighted by Gasteiger charge is -2.32. The van der Waals surface area contributed by atoms with Crippen molar-refractivity contribution in [1.82, 2.24) is 9.47 Å². The lowest BCUT2D eigenvalue weighted by atomic mass is 9.74. The number of hydrogen-bond donors (Lipinski definition) is 1. The fourth-order valence-electron chi connectivity index (χ4n) is 4.95. The SMILES string of the molecule is CC.CCc1c(CC(C)(C)C(C)CC)n(CCN2CCC(C)(O)C2)c2cc(F)c(Cl)cc12. The summed E-state index contributed by atoms with van der Waals surface area (Å²) in [6.07, 6.45) is 3.79. The second-order valence-corrected chi connectivity index (χ2v) is 10.6. The summed E-state index contributed by atoms with van der Waals surface area (Å²) in [6.45, 7) is 20.6. The molecule has 2 aromatic rings. The van der Waals surface area contributed by atoms with Crippen molar-refractivity contribution in [2.24, 2.45) is 11.3 Å². The van der Waals surface area contributed by atoms with Crippen LogP contribution in [0.5, 0.6) is 0 Å². The van der Waals surface area contributed by atoms with E-state index in [9.17, 15) is 9.50 Å². The fourth-order valence-corrected chi connectivity index (χ4v) is 5.11. The van der Waals surface area contributed by atoms with Crippen molar-refractivity contribution in [2.45, 2.75) is 93.2 Å². The van der Waals surface area contributed by atoms with Crippen molar-refractivity contribution in [3.63, 3.8) is 0 Å². The molecule has 5 heteroatoms. The first kappa shape index (κ1) is 27.1. The van der Waals surface area contributed by atoms with E-state index in [1.165, 1.54) is 11.3 Å². The normalized spacial score (nSPS) is 20.5. The van der Waals surface area contributed by atoms with E-state index in [0.717, 1.165) is 56.2 Å². The molecule has 1 aliphatic rings. The Kier molecular flexibility index (Phi) is 9.23. The summed E-state index contributed by atoms with van der Waals surface area (Å²) in [7, 11) is 0. The van der Waals surface area contributed by atoms with Gasteiger partial charge < -0.3 is 9.67 Å². The average molecular weight is 467 g/mol. The molecule has 0 aliphatic carbocycles. The van der Waals surface area contributed by atoms with Crippen LogP contribution in [0, 0.1) is 17.2 Å². The molecule has 0 radical (unpaired) electrons. The van der Waals surface area contributed by atoms with Crippen LogP contribution in [0.25, 0.3) is 10.9 Å². The lowest BCUT2D eigenvalue weighted by Crippen LogP contribution is -2.32. The van der Waals surface area contributed by atoms with Gasteiger partial charge in [0.2, 0.25) is 0 Å². The van der Waals surface area contributed by atoms with Crippen molar-refractivity contribution < 1.29 is 9.50 Å². The van der Waals surface area contributed by atoms with Gasteiger partial charge in [-0.15, -0.1) is 0 Å². The summed E-state index contributed by atoms with van der Waals surface area (Å²) in [5, 5.41) is 11.6. The number of hydrogen-bond acceptors (Lipinski definition) is 2. The van der Waals surface area contributed by atoms with Gasteiger partial charge in [0, 0.05) is 37.3 Å². The molecule has 2 heterocycles. The van der Waals surface area contributed by atoms with Crippen LogP contribution >= 0.6 is 11.6 Å². The third-order valence-corrected chi connectivity index (χ3v) is 7.71. The van der Waals surface area contributed by atoms with E-state index in [1.54, 1.807) is 6.07 Å². The van der Waals surface area contributed by atoms with Crippen LogP contribution in [0.15, 0.2) is 12.1 Å². The van der Waals surface area contributed by atoms with Crippen LogP contribution in [0.4, 0.5) is 4.39 Å². The molecular weight excluding hydrogens is 423 g/mol. The minimum Gasteiger partial charge on any atom is -0.389 e. The molecule has 182 valence electrons. The van der Waals surface area contributed by atoms with Gasteiger partial charge in [0.25, 0.3) is 0 Å². The van der Waals surface area contributed by atoms with E-state index >= 15 is 0 Å². The number of halogens is 2. The Morgan fingerprint density at radius 1 is 1.22 bits per heavy atom. The molecule has 2 unspecified atom stereocenters. The zero-order valence-corrected chi connectivity index (χ0v) is 22.2. The van der Waals surface area contributed by atoms with Crippen LogP contribution < -0.4 is 0 Å². The van der Waals surface area contributed by atoms with Crippen LogP contribution in [-0.2, 0) is 19.4 Å². The average Bonchev–Trinajstić information content (AvgIpc) is 3.23. The number of aliphatic hydroxyl groups is 1. The van der Waals surface area contributed by atoms with Crippen molar-refractivity contribution in [1.29, 1.82) is 0 Å². The second kappa shape index (κ2) is 10.9. The molecule has 0 bridgehead atoms. The molecule has 0 saturated carbocycles. The molecule has 1 aromatic heterocycles. The third kappa shape index (κ3) is 5.87. The molecule has 1 saturated heterocycles. The Morgan fingerprint density at radius 3 is 2.41 bits per heavy atom. The predicted molar refractivity (Wildman–Crippen MR) is 136 cm³/mol. The molecule has 1 aliphatic heterocycles. The topological polar surface area (TPSA) is 28.4 Å². The maximum absolute atomic E-state index is 14.4. The Hall–Kier alpha value is -1.10. The standard InChI is InChI=1S/C25H38ClFN2O.C2H6/c1-7-17(3)24(4,5)15-23-18(8-2)19-13-20(26)21(27)14-22(19)29(23)12-11-28-10-9-25(6,30)16-28;1-2/h13-14,17,30H,7-12,15-16H2,1-6H3;1-2H3. The van der Waals surface area contributed by atoms with E-state index in [0.29, 0.717) is 12.5 Å². The lowest BCUT2D eigenvalue weighted by molar-refractivity contribution is 0.0684. The van der Waals surface area contributed by atoms with Crippen LogP contribution in [0.1, 0.15) is 79.5 Å². The summed E-state index contributed by atoms with van der Waals surface area (Å²) >= 11 is 6.18. The molecule has 0 spiro atoms. The van der Waals surface area contributed by atoms with Gasteiger partial charge in [-0.25, -0.2) is 4.39 Å². The molecule has 1 fully saturated rings. The number of aryl methyl sites for hydroxylation is 1. The first-order valence-corrected chi connectivity index (χ1v) is 12.8. The predicted octanol–water partition coefficient (Wildman–Crippen LogP) is 7.09. The van der Waals surface area contributed by atoms with E-state index in [4.69, 9.17) is 11.6 Å². The third-order valence-electron chi connectivity index (χ3n) is 7.42. The van der Waals surface area contributed by atoms with Crippen LogP contribution in [-0.4, -0.2) is 39.8 Å². The highest BCUT2D eigenvalue weighted by Gasteiger charge is 2.32. The zero-order valence-electron chi connectivity index (χ0n) is 21.5. The van der Waals surface area contributed by atoms with Gasteiger partial charge in [-0.2, -0.15) is 0 Å². The quantitative estimate of drug-likeness (QED) is 0.449. The van der Waals surface area contributed by atoms with Gasteiger partial charge in [0.15, 0.2) is 0 Å². The molecule has 0 amide bonds. The number of fused-ring (bicyclic) bond motifs is 1. The Morgan fingerprint density at radius 2 is 1.88 bits per heavy atom. The fraction of sp³-hybridized carbons (Fsp3) is 0.704. The van der Waals surface area contributed by atoms with Gasteiger partial charge in [0.05, 0.1) is 16.1 Å². The largest absolute Gasteiger partial charge is 0.389 e. The number of rotatable bonds is 8. The van der Waals surface area contributed by atoms with Gasteiger partial charge in [-0.05, 0) is 55.2 Å². The summed E-state index contributed by atoms with van der Waals surface area (Å²) in [5.41, 5.74) is 3.08. The number of benzene rings is 1. The second-order valence-electron chi connectivity index (χ2n) is 10.2. The maximum Gasteiger partial charge on any atom is 0.143 e. The van der Waals surface area contributed by atoms with Crippen molar-refractivity contribution in [2.75, 3.05) is 19.6 Å². The number of β-amino-alcohol motifs (C(OH)–C–C–N with tert-alkyl or cyclic N) is 1. The van der Waals surface area contributed by atoms with Crippen LogP contribution in [0.3, 0.4) is 0 Å². The van der Waals surface area contributed by atoms with Gasteiger partial charge >= 0.3 is 0 Å². The van der Waals surface area contributed by atoms with Gasteiger partial charge in [0.1, 0.15) is 5.82 Å². The molecule has 1 N–H and O–H groups in total. The molecule has 32 heavy (non-hydrogen) atoms. The van der Waals surface area contributed by atoms with E-state index in [1.807, 2.05) is 26.8 Å². The summed E-state index contributed by atoms with van der Waals surface area (Å²) in [5.74, 6) is 0.227. The summed E-state index contributed by atoms with van der Waals surface area (Å²) in [4.78, 5) is 2.31. The summed E-state index contributed by atoms with van der Waals surface area (Å²) < 4.78 is 16.8. The van der Waals surface area contributed by atoms with E-state index in [-0.39, 0.29) is 16.3 Å². The Labute approximate surface area is 199 Å². The Bertz CT molecular complexity index is 903. The maximum atomic E-state index is 14.4. The van der Waals surface area contributed by atoms with Gasteiger partial charge in [-0.3, -0.25) is 4.90 Å². The van der Waals surface area contributed by atoms with Crippen molar-refractivity contribution in [3.8, 4) is 0 Å². The van der Waals surface area contributed by atoms with Crippen LogP contribution in [0.2, 0.25) is 5.02 Å². The minimum atomic E-state index is -0.603. The van der Waals surface area contributed by atoms with Crippen molar-refractivity contribution in [3.05, 3.63) is 34.2 Å². The monoisotopic (exact) mass is 466 g/mol. The highest BCUT2D eigenvalue weighted by Crippen LogP contribution is 2.38. The molecular formula is C27H44ClFN2O. The van der Waals surface area contributed by atoms with E-state index < -0.39 is 5.60 Å². The highest BCUT2D eigenvalue weighted by atomic mass is 35.5. The summed E-state index contributed by atoms with van der Waals surface area (Å²) in [6, 6.07) is 3.42. The smallest absolute Gasteiger partial charge is 0.143 e. The zero-order chi connectivity index (χ0) is 24.3. The molecule has 3 nitrogen and oxygen atoms in total. The minimum absolute atomic E-state index is 0.143. The molecule has 3 rings (SSSR count). The molecule has 2 atom stereocenters.